The second-order valence-electron chi connectivity index (χ2n) is 4.79. The Bertz CT molecular complexity index is 795. The van der Waals surface area contributed by atoms with Gasteiger partial charge in [0, 0.05) is 18.6 Å². The largest absolute Gasteiger partial charge is 0.310 e. The van der Waals surface area contributed by atoms with Crippen LogP contribution in [0.1, 0.15) is 11.3 Å². The molecule has 21 heavy (non-hydrogen) atoms. The van der Waals surface area contributed by atoms with Crippen molar-refractivity contribution in [3.63, 3.8) is 0 Å². The molecule has 3 aromatic heterocycles. The third-order valence-electron chi connectivity index (χ3n) is 3.00. The Labute approximate surface area is 126 Å². The minimum absolute atomic E-state index is 0.162. The van der Waals surface area contributed by atoms with Gasteiger partial charge in [0.15, 0.2) is 0 Å². The van der Waals surface area contributed by atoms with Crippen LogP contribution in [0.15, 0.2) is 42.9 Å². The maximum Gasteiger partial charge on any atom is 0.231 e. The summed E-state index contributed by atoms with van der Waals surface area (Å²) in [7, 11) is 0. The Morgan fingerprint density at radius 2 is 2.24 bits per heavy atom. The van der Waals surface area contributed by atoms with E-state index >= 15 is 0 Å². The molecule has 0 spiro atoms. The zero-order valence-electron chi connectivity index (χ0n) is 11.4. The number of aromatic nitrogens is 3. The van der Waals surface area contributed by atoms with Gasteiger partial charge in [-0.25, -0.2) is 9.97 Å². The van der Waals surface area contributed by atoms with Crippen molar-refractivity contribution >= 4 is 29.0 Å². The number of anilines is 1. The molecular weight excluding hydrogens is 288 g/mol. The molecule has 6 heteroatoms. The predicted octanol–water partition coefficient (Wildman–Crippen LogP) is 2.87. The number of hydrogen-bond acceptors (Lipinski definition) is 3. The fourth-order valence-electron chi connectivity index (χ4n) is 2.02. The van der Waals surface area contributed by atoms with Crippen LogP contribution in [0.2, 0.25) is 5.02 Å². The lowest BCUT2D eigenvalue weighted by atomic mass is 10.3. The van der Waals surface area contributed by atoms with Gasteiger partial charge in [0.05, 0.1) is 17.1 Å². The smallest absolute Gasteiger partial charge is 0.231 e. The summed E-state index contributed by atoms with van der Waals surface area (Å²) in [6.45, 7) is 2.01. The molecule has 0 saturated carbocycles. The van der Waals surface area contributed by atoms with Crippen molar-refractivity contribution in [1.29, 1.82) is 0 Å². The lowest BCUT2D eigenvalue weighted by molar-refractivity contribution is -0.115. The highest BCUT2D eigenvalue weighted by Crippen LogP contribution is 2.11. The number of imidazole rings is 1. The minimum atomic E-state index is -0.162. The zero-order chi connectivity index (χ0) is 14.8. The maximum atomic E-state index is 12.0. The molecule has 3 aromatic rings. The lowest BCUT2D eigenvalue weighted by Gasteiger charge is -2.02. The van der Waals surface area contributed by atoms with E-state index in [2.05, 4.69) is 15.3 Å². The van der Waals surface area contributed by atoms with Crippen molar-refractivity contribution in [1.82, 2.24) is 14.4 Å². The number of pyridine rings is 2. The van der Waals surface area contributed by atoms with E-state index in [0.717, 1.165) is 11.2 Å². The van der Waals surface area contributed by atoms with E-state index in [1.807, 2.05) is 35.9 Å². The van der Waals surface area contributed by atoms with Crippen molar-refractivity contribution in [2.75, 3.05) is 5.32 Å². The molecule has 0 bridgehead atoms. The van der Waals surface area contributed by atoms with Gasteiger partial charge in [-0.2, -0.15) is 0 Å². The van der Waals surface area contributed by atoms with Gasteiger partial charge < -0.3 is 9.72 Å². The predicted molar refractivity (Wildman–Crippen MR) is 81.5 cm³/mol. The lowest BCUT2D eigenvalue weighted by Crippen LogP contribution is -2.15. The molecule has 1 amide bonds. The summed E-state index contributed by atoms with van der Waals surface area (Å²) >= 11 is 5.75. The second kappa shape index (κ2) is 5.54. The van der Waals surface area contributed by atoms with E-state index in [1.54, 1.807) is 12.1 Å². The molecule has 0 aliphatic heterocycles. The number of carbonyl (C=O) groups is 1. The number of aryl methyl sites for hydroxylation is 1. The van der Waals surface area contributed by atoms with Gasteiger partial charge in [-0.15, -0.1) is 0 Å². The fourth-order valence-corrected chi connectivity index (χ4v) is 2.13. The second-order valence-corrected chi connectivity index (χ2v) is 5.22. The van der Waals surface area contributed by atoms with Gasteiger partial charge >= 0.3 is 0 Å². The molecule has 1 N–H and O–H groups in total. The van der Waals surface area contributed by atoms with Gasteiger partial charge in [0.2, 0.25) is 5.91 Å². The van der Waals surface area contributed by atoms with Crippen LogP contribution >= 0.6 is 11.6 Å². The molecule has 3 heterocycles. The monoisotopic (exact) mass is 300 g/mol. The topological polar surface area (TPSA) is 59.3 Å². The molecule has 0 saturated heterocycles. The van der Waals surface area contributed by atoms with E-state index in [4.69, 9.17) is 11.6 Å². The molecule has 0 unspecified atom stereocenters. The van der Waals surface area contributed by atoms with E-state index in [0.29, 0.717) is 16.5 Å². The summed E-state index contributed by atoms with van der Waals surface area (Å²) in [5, 5.41) is 3.25. The molecule has 3 rings (SSSR count). The number of fused-ring (bicyclic) bond motifs is 1. The highest BCUT2D eigenvalue weighted by atomic mass is 35.5. The van der Waals surface area contributed by atoms with Gasteiger partial charge in [-0.05, 0) is 36.8 Å². The Morgan fingerprint density at radius 1 is 1.38 bits per heavy atom. The van der Waals surface area contributed by atoms with Crippen molar-refractivity contribution in [3.05, 3.63) is 59.1 Å². The maximum absolute atomic E-state index is 12.0. The SMILES string of the molecule is Cc1ccn2cc(CC(=O)Nc3ccc(Cl)cn3)nc2c1. The molecule has 0 aromatic carbocycles. The van der Waals surface area contributed by atoms with Crippen molar-refractivity contribution in [2.24, 2.45) is 0 Å². The van der Waals surface area contributed by atoms with E-state index in [-0.39, 0.29) is 12.3 Å². The zero-order valence-corrected chi connectivity index (χ0v) is 12.1. The molecule has 0 atom stereocenters. The van der Waals surface area contributed by atoms with Crippen LogP contribution in [0.3, 0.4) is 0 Å². The fraction of sp³-hybridized carbons (Fsp3) is 0.133. The number of nitrogens with zero attached hydrogens (tertiary/aromatic N) is 3. The van der Waals surface area contributed by atoms with Crippen LogP contribution in [0.25, 0.3) is 5.65 Å². The Morgan fingerprint density at radius 3 is 3.00 bits per heavy atom. The van der Waals surface area contributed by atoms with Crippen LogP contribution in [0.5, 0.6) is 0 Å². The quantitative estimate of drug-likeness (QED) is 0.809. The molecule has 5 nitrogen and oxygen atoms in total. The average Bonchev–Trinajstić information content (AvgIpc) is 2.82. The molecule has 106 valence electrons. The van der Waals surface area contributed by atoms with E-state index in [9.17, 15) is 4.79 Å². The summed E-state index contributed by atoms with van der Waals surface area (Å²) in [5.74, 6) is 0.314. The highest BCUT2D eigenvalue weighted by Gasteiger charge is 2.08. The summed E-state index contributed by atoms with van der Waals surface area (Å²) in [6, 6.07) is 7.31. The first kappa shape index (κ1) is 13.6. The number of halogens is 1. The van der Waals surface area contributed by atoms with Crippen LogP contribution < -0.4 is 5.32 Å². The first-order chi connectivity index (χ1) is 10.1. The Balaban J connectivity index is 1.72. The van der Waals surface area contributed by atoms with Crippen LogP contribution in [0, 0.1) is 6.92 Å². The first-order valence-corrected chi connectivity index (χ1v) is 6.83. The van der Waals surface area contributed by atoms with Crippen molar-refractivity contribution in [3.8, 4) is 0 Å². The molecule has 0 aliphatic carbocycles. The molecule has 0 aliphatic rings. The summed E-state index contributed by atoms with van der Waals surface area (Å²) in [4.78, 5) is 20.4. The van der Waals surface area contributed by atoms with Gasteiger partial charge in [0.1, 0.15) is 11.5 Å². The number of rotatable bonds is 3. The number of hydrogen-bond donors (Lipinski definition) is 1. The normalized spacial score (nSPS) is 10.8. The highest BCUT2D eigenvalue weighted by molar-refractivity contribution is 6.30. The van der Waals surface area contributed by atoms with Crippen LogP contribution in [-0.4, -0.2) is 20.3 Å². The van der Waals surface area contributed by atoms with Crippen molar-refractivity contribution < 1.29 is 4.79 Å². The Kier molecular flexibility index (Phi) is 3.58. The standard InChI is InChI=1S/C15H13ClN4O/c1-10-4-5-20-9-12(18-14(20)6-10)7-15(21)19-13-3-2-11(16)8-17-13/h2-6,8-9H,7H2,1H3,(H,17,19,21). The molecule has 0 fully saturated rings. The summed E-state index contributed by atoms with van der Waals surface area (Å²) < 4.78 is 1.90. The first-order valence-electron chi connectivity index (χ1n) is 6.46. The van der Waals surface area contributed by atoms with Gasteiger partial charge in [-0.3, -0.25) is 4.79 Å². The summed E-state index contributed by atoms with van der Waals surface area (Å²) in [6.07, 6.45) is 5.47. The van der Waals surface area contributed by atoms with E-state index in [1.165, 1.54) is 6.20 Å². The van der Waals surface area contributed by atoms with E-state index < -0.39 is 0 Å². The van der Waals surface area contributed by atoms with Gasteiger partial charge in [0.25, 0.3) is 0 Å². The minimum Gasteiger partial charge on any atom is -0.310 e. The molecular formula is C15H13ClN4O. The number of nitrogens with one attached hydrogen (secondary N) is 1. The van der Waals surface area contributed by atoms with Crippen molar-refractivity contribution in [2.45, 2.75) is 13.3 Å². The summed E-state index contributed by atoms with van der Waals surface area (Å²) in [5.41, 5.74) is 2.68. The third kappa shape index (κ3) is 3.20. The number of amides is 1. The Hall–Kier alpha value is -2.40. The van der Waals surface area contributed by atoms with Crippen LogP contribution in [0.4, 0.5) is 5.82 Å². The van der Waals surface area contributed by atoms with Crippen LogP contribution in [-0.2, 0) is 11.2 Å². The molecule has 0 radical (unpaired) electrons. The van der Waals surface area contributed by atoms with Gasteiger partial charge in [-0.1, -0.05) is 11.6 Å². The average molecular weight is 301 g/mol. The number of carbonyl (C=O) groups excluding carboxylic acids is 1. The third-order valence-corrected chi connectivity index (χ3v) is 3.23.